The highest BCUT2D eigenvalue weighted by Crippen LogP contribution is 2.43. The quantitative estimate of drug-likeness (QED) is 0.363. The van der Waals surface area contributed by atoms with E-state index in [-0.39, 0.29) is 11.1 Å². The van der Waals surface area contributed by atoms with Crippen LogP contribution >= 0.6 is 0 Å². The van der Waals surface area contributed by atoms with Crippen LogP contribution in [0.15, 0.2) is 75.4 Å². The van der Waals surface area contributed by atoms with Gasteiger partial charge in [-0.1, -0.05) is 25.2 Å². The van der Waals surface area contributed by atoms with E-state index in [9.17, 15) is 0 Å². The molecular weight excluding hydrogens is 536 g/mol. The average molecular weight is 580 g/mol. The van der Waals surface area contributed by atoms with Crippen molar-refractivity contribution in [3.8, 4) is 0 Å². The first-order valence-electron chi connectivity index (χ1n) is 14.8. The second kappa shape index (κ2) is 9.66. The lowest BCUT2D eigenvalue weighted by Gasteiger charge is -2.38. The Hall–Kier alpha value is -3.71. The van der Waals surface area contributed by atoms with Crippen molar-refractivity contribution < 1.29 is 14.0 Å². The third kappa shape index (κ3) is 4.77. The van der Waals surface area contributed by atoms with Crippen LogP contribution in [0.3, 0.4) is 0 Å². The van der Waals surface area contributed by atoms with Gasteiger partial charge in [-0.15, -0.1) is 0 Å². The molecule has 0 bridgehead atoms. The first-order chi connectivity index (χ1) is 19.7. The molecule has 3 aliphatic heterocycles. The molecule has 0 amide bonds. The molecule has 0 N–H and O–H groups in total. The highest BCUT2D eigenvalue weighted by Gasteiger charge is 2.41. The smallest absolute Gasteiger partial charge is 0.217 e. The summed E-state index contributed by atoms with van der Waals surface area (Å²) < 4.78 is 14.6. The Morgan fingerprint density at radius 3 is 2.05 bits per heavy atom. The van der Waals surface area contributed by atoms with Crippen LogP contribution in [0.1, 0.15) is 49.9 Å². The number of hydrogen-bond acceptors (Lipinski definition) is 5. The van der Waals surface area contributed by atoms with Crippen molar-refractivity contribution >= 4 is 42.0 Å². The molecule has 0 atom stereocenters. The lowest BCUT2D eigenvalue weighted by Crippen LogP contribution is -2.49. The molecule has 0 fully saturated rings. The predicted octanol–water partition coefficient (Wildman–Crippen LogP) is 5.34. The van der Waals surface area contributed by atoms with Gasteiger partial charge in [-0.05, 0) is 90.7 Å². The number of fused-ring (bicyclic) bond motifs is 2. The van der Waals surface area contributed by atoms with E-state index in [1.165, 1.54) is 38.5 Å². The molecule has 7 heteroatoms. The van der Waals surface area contributed by atoms with Crippen molar-refractivity contribution in [2.24, 2.45) is 9.98 Å². The van der Waals surface area contributed by atoms with Gasteiger partial charge in [0.05, 0.1) is 11.1 Å². The van der Waals surface area contributed by atoms with E-state index >= 15 is 0 Å². The van der Waals surface area contributed by atoms with Crippen molar-refractivity contribution in [2.75, 3.05) is 46.3 Å². The second-order valence-electron chi connectivity index (χ2n) is 14.0. The number of ether oxygens (including phenoxy) is 2. The first-order valence-corrected chi connectivity index (χ1v) is 17.8. The molecule has 2 aromatic rings. The van der Waals surface area contributed by atoms with Crippen LogP contribution in [0.4, 0.5) is 5.69 Å². The van der Waals surface area contributed by atoms with E-state index in [1.54, 1.807) is 0 Å². The van der Waals surface area contributed by atoms with Crippen LogP contribution < -0.4 is 10.1 Å². The Bertz CT molecular complexity index is 1700. The normalized spacial score (nSPS) is 21.1. The Kier molecular flexibility index (Phi) is 6.53. The van der Waals surface area contributed by atoms with Crippen molar-refractivity contribution in [1.82, 2.24) is 0 Å². The molecule has 218 valence electrons. The van der Waals surface area contributed by atoms with Gasteiger partial charge >= 0.3 is 0 Å². The highest BCUT2D eigenvalue weighted by atomic mass is 28.3. The second-order valence-corrected chi connectivity index (χ2v) is 18.4. The molecule has 4 aliphatic rings. The topological polar surface area (TPSA) is 49.4 Å². The van der Waals surface area contributed by atoms with Gasteiger partial charge in [-0.25, -0.2) is 14.6 Å². The molecule has 6 nitrogen and oxygen atoms in total. The van der Waals surface area contributed by atoms with Crippen LogP contribution in [-0.4, -0.2) is 82.6 Å². The number of hydrogen-bond donors (Lipinski definition) is 0. The number of aliphatic imine (C=N–C) groups is 2. The molecule has 0 aromatic heterocycles. The maximum absolute atomic E-state index is 6.31. The summed E-state index contributed by atoms with van der Waals surface area (Å²) >= 11 is 0. The van der Waals surface area contributed by atoms with Gasteiger partial charge in [0, 0.05) is 43.1 Å². The molecule has 0 unspecified atom stereocenters. The summed E-state index contributed by atoms with van der Waals surface area (Å²) in [6.07, 6.45) is 6.98. The minimum atomic E-state index is -2.06. The summed E-state index contributed by atoms with van der Waals surface area (Å²) in [4.78, 5) is 12.1. The molecule has 42 heavy (non-hydrogen) atoms. The summed E-state index contributed by atoms with van der Waals surface area (Å²) in [6, 6.07) is 13.5. The molecule has 0 radical (unpaired) electrons. The van der Waals surface area contributed by atoms with Crippen LogP contribution in [0, 0.1) is 0 Å². The number of rotatable bonds is 4. The fourth-order valence-corrected chi connectivity index (χ4v) is 9.27. The lowest BCUT2D eigenvalue weighted by atomic mass is 9.86. The molecule has 0 saturated heterocycles. The highest BCUT2D eigenvalue weighted by molar-refractivity contribution is 6.98. The van der Waals surface area contributed by atoms with Gasteiger partial charge in [0.15, 0.2) is 5.71 Å². The number of benzene rings is 2. The Labute approximate surface area is 251 Å². The van der Waals surface area contributed by atoms with Gasteiger partial charge in [0.2, 0.25) is 11.8 Å². The Morgan fingerprint density at radius 1 is 0.810 bits per heavy atom. The first kappa shape index (κ1) is 28.4. The van der Waals surface area contributed by atoms with E-state index in [2.05, 4.69) is 133 Å². The monoisotopic (exact) mass is 579 g/mol. The lowest BCUT2D eigenvalue weighted by molar-refractivity contribution is -0.462. The zero-order chi connectivity index (χ0) is 30.2. The largest absolute Gasteiger partial charge is 0.475 e. The summed E-state index contributed by atoms with van der Waals surface area (Å²) in [5.41, 5.74) is 8.80. The maximum atomic E-state index is 6.31. The zero-order valence-corrected chi connectivity index (χ0v) is 27.7. The van der Waals surface area contributed by atoms with Crippen molar-refractivity contribution in [3.05, 3.63) is 87.6 Å². The minimum Gasteiger partial charge on any atom is -0.475 e. The molecule has 6 rings (SSSR count). The van der Waals surface area contributed by atoms with Gasteiger partial charge in [-0.3, -0.25) is 0 Å². The summed E-state index contributed by atoms with van der Waals surface area (Å²) in [5, 5.41) is 2.89. The Morgan fingerprint density at radius 2 is 1.45 bits per heavy atom. The number of nitrogens with zero attached hydrogens (tertiary/aromatic N) is 4. The Balaban J connectivity index is 1.66. The van der Waals surface area contributed by atoms with Crippen LogP contribution in [0.5, 0.6) is 0 Å². The molecule has 1 aliphatic carbocycles. The van der Waals surface area contributed by atoms with E-state index < -0.39 is 8.07 Å². The molecular formula is C35H43N4O2Si+. The fraction of sp³-hybridized carbons (Fsp3) is 0.400. The maximum Gasteiger partial charge on any atom is 0.217 e. The summed E-state index contributed by atoms with van der Waals surface area (Å²) in [7, 11) is 6.41. The minimum absolute atomic E-state index is 0.238. The molecule has 0 saturated carbocycles. The van der Waals surface area contributed by atoms with Gasteiger partial charge in [0.25, 0.3) is 0 Å². The predicted molar refractivity (Wildman–Crippen MR) is 178 cm³/mol. The van der Waals surface area contributed by atoms with E-state index in [1.807, 2.05) is 0 Å². The summed E-state index contributed by atoms with van der Waals surface area (Å²) in [5.74, 6) is 1.36. The number of anilines is 1. The van der Waals surface area contributed by atoms with E-state index in [4.69, 9.17) is 19.5 Å². The zero-order valence-electron chi connectivity index (χ0n) is 26.7. The molecule has 2 aromatic carbocycles. The van der Waals surface area contributed by atoms with Gasteiger partial charge in [0.1, 0.15) is 35.4 Å². The van der Waals surface area contributed by atoms with Crippen molar-refractivity contribution in [2.45, 2.75) is 51.9 Å². The molecule has 0 spiro atoms. The van der Waals surface area contributed by atoms with Crippen LogP contribution in [0.25, 0.3) is 5.57 Å². The molecule has 3 heterocycles. The van der Waals surface area contributed by atoms with E-state index in [0.717, 1.165) is 16.7 Å². The summed E-state index contributed by atoms with van der Waals surface area (Å²) in [6.45, 7) is 14.5. The van der Waals surface area contributed by atoms with Crippen LogP contribution in [0.2, 0.25) is 13.1 Å². The van der Waals surface area contributed by atoms with Gasteiger partial charge < -0.3 is 14.4 Å². The standard InChI is InChI=1S/C35H43N4O2Si/c1-34(2)20-40-32(36-34)22-11-14-25(28(17-22)33-37-35(3,4)21-41-33)31-26-15-12-23(38(5)6)18-29(26)42(9,10)30-19-24(39(7)8)13-16-27(30)31/h11-19H,20-21H2,1-10H3/q+1. The van der Waals surface area contributed by atoms with Crippen molar-refractivity contribution in [1.29, 1.82) is 0 Å². The third-order valence-electron chi connectivity index (χ3n) is 8.62. The average Bonchev–Trinajstić information content (AvgIpc) is 3.49. The van der Waals surface area contributed by atoms with Crippen LogP contribution in [-0.2, 0) is 9.47 Å². The van der Waals surface area contributed by atoms with Crippen molar-refractivity contribution in [3.63, 3.8) is 0 Å². The number of allylic oxidation sites excluding steroid dienone is 5. The third-order valence-corrected chi connectivity index (χ3v) is 12.1. The van der Waals surface area contributed by atoms with E-state index in [0.29, 0.717) is 25.0 Å². The SMILES string of the molecule is CN(C)c1ccc2c(c1)[Si](C)(C)C1=CC(=[N+](C)C)C=CC1=C2c1ccc(C2=NC(C)(C)CO2)cc1C1=NC(C)(C)CO1. The fourth-order valence-electron chi connectivity index (χ4n) is 6.20. The van der Waals surface area contributed by atoms with Gasteiger partial charge in [-0.2, -0.15) is 0 Å².